The van der Waals surface area contributed by atoms with Crippen LogP contribution in [0.1, 0.15) is 0 Å². The molecule has 8 nitrogen and oxygen atoms in total. The van der Waals surface area contributed by atoms with E-state index >= 15 is 0 Å². The van der Waals surface area contributed by atoms with Crippen LogP contribution in [0.25, 0.3) is 0 Å². The van der Waals surface area contributed by atoms with Gasteiger partial charge in [-0.1, -0.05) is 0 Å². The van der Waals surface area contributed by atoms with Crippen LogP contribution in [0.15, 0.2) is 0 Å². The molecular formula is FeNa2O8S3. The van der Waals surface area contributed by atoms with Crippen molar-refractivity contribution >= 4 is 30.6 Å². The smallest absolute Gasteiger partial charge is 0.763 e. The minimum Gasteiger partial charge on any atom is -0.763 e. The van der Waals surface area contributed by atoms with Crippen LogP contribution in [0.4, 0.5) is 0 Å². The fraction of sp³-hybridized carbons (Fsp3) is 0. The molecule has 0 N–H and O–H groups in total. The molecule has 0 saturated carbocycles. The van der Waals surface area contributed by atoms with Gasteiger partial charge in [-0.3, -0.25) is 16.8 Å². The first-order valence-corrected chi connectivity index (χ1v) is 5.50. The molecule has 0 bridgehead atoms. The van der Waals surface area contributed by atoms with E-state index < -0.39 is 30.6 Å². The molecule has 76 valence electrons. The van der Waals surface area contributed by atoms with Gasteiger partial charge in [0.15, 0.2) is 0 Å². The van der Waals surface area contributed by atoms with Crippen LogP contribution in [-0.4, -0.2) is 35.0 Å². The van der Waals surface area contributed by atoms with Gasteiger partial charge in [-0.25, -0.2) is 0 Å². The molecule has 0 heterocycles. The van der Waals surface area contributed by atoms with Crippen LogP contribution in [0.5, 0.6) is 0 Å². The summed E-state index contributed by atoms with van der Waals surface area (Å²) in [6, 6.07) is 0. The average Bonchev–Trinajstić information content (AvgIpc) is 1.59. The minimum atomic E-state index is -5.17. The number of hydrogen-bond donors (Lipinski definition) is 0. The summed E-state index contributed by atoms with van der Waals surface area (Å²) in [5.41, 5.74) is 0. The second kappa shape index (κ2) is 15.6. The largest absolute Gasteiger partial charge is 2.00 e. The van der Waals surface area contributed by atoms with Gasteiger partial charge in [0.2, 0.25) is 0 Å². The molecule has 2 atom stereocenters. The molecule has 14 heteroatoms. The maximum atomic E-state index is 9.09. The molecule has 0 radical (unpaired) electrons. The zero-order valence-electron chi connectivity index (χ0n) is 6.84. The topological polar surface area (TPSA) is 161 Å². The summed E-state index contributed by atoms with van der Waals surface area (Å²) in [4.78, 5) is 0. The first-order valence-electron chi connectivity index (χ1n) is 1.50. The van der Waals surface area contributed by atoms with E-state index in [0.29, 0.717) is 0 Å². The molecule has 0 aromatic heterocycles. The fourth-order valence-corrected chi connectivity index (χ4v) is 0. The Kier molecular flexibility index (Phi) is 33.5. The Labute approximate surface area is 140 Å². The number of hydrogen-bond acceptors (Lipinski definition) is 8. The quantitative estimate of drug-likeness (QED) is 0.151. The zero-order valence-corrected chi connectivity index (χ0v) is 14.4. The molecule has 0 aromatic carbocycles. The van der Waals surface area contributed by atoms with E-state index in [-0.39, 0.29) is 76.2 Å². The molecular weight excluding hydrogens is 326 g/mol. The van der Waals surface area contributed by atoms with Gasteiger partial charge in [-0.2, -0.15) is 0 Å². The van der Waals surface area contributed by atoms with Crippen LogP contribution in [0, 0.1) is 0 Å². The van der Waals surface area contributed by atoms with E-state index in [1.54, 1.807) is 0 Å². The third kappa shape index (κ3) is 61.9. The normalized spacial score (nSPS) is 12.6. The Bertz CT molecular complexity index is 225. The van der Waals surface area contributed by atoms with Gasteiger partial charge in [-0.15, -0.1) is 0 Å². The molecule has 0 aliphatic heterocycles. The summed E-state index contributed by atoms with van der Waals surface area (Å²) in [7, 11) is -11.1. The summed E-state index contributed by atoms with van der Waals surface area (Å²) in [5.74, 6) is 0. The molecule has 0 saturated heterocycles. The number of rotatable bonds is 1. The van der Waals surface area contributed by atoms with Gasteiger partial charge in [0.05, 0.1) is 0 Å². The van der Waals surface area contributed by atoms with Gasteiger partial charge in [0.25, 0.3) is 0 Å². The Morgan fingerprint density at radius 1 is 0.857 bits per heavy atom. The van der Waals surface area contributed by atoms with Crippen molar-refractivity contribution in [3.05, 3.63) is 0 Å². The van der Waals surface area contributed by atoms with Crippen molar-refractivity contribution in [2.45, 2.75) is 0 Å². The van der Waals surface area contributed by atoms with Crippen molar-refractivity contribution in [3.8, 4) is 0 Å². The molecule has 0 amide bonds. The molecule has 0 aromatic rings. The van der Waals surface area contributed by atoms with E-state index in [1.165, 1.54) is 0 Å². The van der Waals surface area contributed by atoms with Crippen LogP contribution in [0.3, 0.4) is 0 Å². The summed E-state index contributed by atoms with van der Waals surface area (Å²) < 4.78 is 70.4. The van der Waals surface area contributed by atoms with Crippen molar-refractivity contribution in [2.24, 2.45) is 0 Å². The van der Waals surface area contributed by atoms with E-state index in [4.69, 9.17) is 35.0 Å². The molecule has 14 heavy (non-hydrogen) atoms. The van der Waals surface area contributed by atoms with E-state index in [0.717, 1.165) is 0 Å². The van der Waals surface area contributed by atoms with Crippen LogP contribution in [-0.2, 0) is 47.7 Å². The molecule has 0 aliphatic rings. The molecule has 2 unspecified atom stereocenters. The van der Waals surface area contributed by atoms with Gasteiger partial charge >= 0.3 is 76.2 Å². The van der Waals surface area contributed by atoms with Crippen molar-refractivity contribution in [2.75, 3.05) is 0 Å². The Morgan fingerprint density at radius 3 is 0.929 bits per heavy atom. The second-order valence-electron chi connectivity index (χ2n) is 0.816. The first-order chi connectivity index (χ1) is 4.64. The van der Waals surface area contributed by atoms with E-state index in [1.807, 2.05) is 0 Å². The minimum absolute atomic E-state index is 0. The van der Waals surface area contributed by atoms with Crippen molar-refractivity contribution < 1.29 is 111 Å². The first kappa shape index (κ1) is 30.0. The third-order valence-electron chi connectivity index (χ3n) is 0.111. The maximum Gasteiger partial charge on any atom is 2.00 e. The summed E-state index contributed by atoms with van der Waals surface area (Å²) in [6.45, 7) is 0. The predicted molar refractivity (Wildman–Crippen MR) is 28.3 cm³/mol. The average molecular weight is 326 g/mol. The zero-order chi connectivity index (χ0) is 9.65. The SMILES string of the molecule is O=S(=O)([O-])[O-].O=S([O-])S(=O)[O-].[Fe+2].[Na+].[Na+]. The molecule has 0 aliphatic carbocycles. The van der Waals surface area contributed by atoms with Gasteiger partial charge in [0, 0.05) is 30.6 Å². The Balaban J connectivity index is -0.0000000321. The van der Waals surface area contributed by atoms with Gasteiger partial charge in [-0.05, 0) is 0 Å². The van der Waals surface area contributed by atoms with E-state index in [2.05, 4.69) is 0 Å². The van der Waals surface area contributed by atoms with E-state index in [9.17, 15) is 0 Å². The molecule has 0 fully saturated rings. The maximum absolute atomic E-state index is 9.09. The fourth-order valence-electron chi connectivity index (χ4n) is 0. The second-order valence-corrected chi connectivity index (χ2v) is 4.08. The third-order valence-corrected chi connectivity index (χ3v) is 1.00. The summed E-state index contributed by atoms with van der Waals surface area (Å²) >= 11 is 0. The predicted octanol–water partition coefficient (Wildman–Crippen LogP) is -8.67. The van der Waals surface area contributed by atoms with Gasteiger partial charge in [0.1, 0.15) is 0 Å². The Morgan fingerprint density at radius 2 is 0.929 bits per heavy atom. The van der Waals surface area contributed by atoms with Crippen LogP contribution < -0.4 is 59.1 Å². The van der Waals surface area contributed by atoms with Crippen molar-refractivity contribution in [1.29, 1.82) is 0 Å². The monoisotopic (exact) mass is 326 g/mol. The molecule has 0 spiro atoms. The van der Waals surface area contributed by atoms with Crippen LogP contribution in [0.2, 0.25) is 0 Å². The van der Waals surface area contributed by atoms with Crippen LogP contribution >= 0.6 is 0 Å². The Hall–Kier alpha value is 2.61. The van der Waals surface area contributed by atoms with Crippen molar-refractivity contribution in [3.63, 3.8) is 0 Å². The van der Waals surface area contributed by atoms with Gasteiger partial charge < -0.3 is 18.2 Å². The molecule has 0 rings (SSSR count). The summed E-state index contributed by atoms with van der Waals surface area (Å²) in [6.07, 6.45) is 0. The summed E-state index contributed by atoms with van der Waals surface area (Å²) in [5, 5.41) is 0. The standard InChI is InChI=1S/Fe.2Na.H2O4S2.H2O4S/c;;;1-5(2)6(3)4;1-5(2,3)4/h;;;(H,1,2)(H,3,4);(H2,1,2,3,4)/q+2;2*+1;;/p-4. The van der Waals surface area contributed by atoms with Crippen molar-refractivity contribution in [1.82, 2.24) is 0 Å².